The fraction of sp³-hybridized carbons (Fsp3) is 1.00. The van der Waals surface area contributed by atoms with Gasteiger partial charge in [0.05, 0.1) is 7.11 Å². The highest BCUT2D eigenvalue weighted by molar-refractivity contribution is 7.54. The highest BCUT2D eigenvalue weighted by atomic mass is 31.2. The molecule has 0 atom stereocenters. The number of rotatable bonds is 13. The van der Waals surface area contributed by atoms with Crippen molar-refractivity contribution in [3.05, 3.63) is 0 Å². The Hall–Kier alpha value is 0.270. The summed E-state index contributed by atoms with van der Waals surface area (Å²) in [5, 5.41) is 0. The van der Waals surface area contributed by atoms with Crippen LogP contribution in [0.4, 0.5) is 0 Å². The van der Waals surface area contributed by atoms with Gasteiger partial charge in [0.2, 0.25) is 0 Å². The van der Waals surface area contributed by atoms with Gasteiger partial charge in [0.25, 0.3) is 0 Å². The monoisotopic (exact) mass is 281 g/mol. The molecule has 0 aromatic rings. The summed E-state index contributed by atoms with van der Waals surface area (Å²) < 4.78 is 9.28. The zero-order chi connectivity index (χ0) is 13.7. The molecule has 0 aromatic heterocycles. The lowest BCUT2D eigenvalue weighted by molar-refractivity contribution is 0.135. The van der Waals surface area contributed by atoms with Crippen molar-refractivity contribution < 1.29 is 18.8 Å². The van der Waals surface area contributed by atoms with E-state index >= 15 is 0 Å². The quantitative estimate of drug-likeness (QED) is 0.392. The van der Waals surface area contributed by atoms with E-state index in [1.165, 1.54) is 58.5 Å². The van der Waals surface area contributed by atoms with Gasteiger partial charge in [-0.25, -0.2) is 0 Å². The standard InChI is InChI=1S/C13H30O4P/c1-3-4-5-6-7-8-9-10-11-12-13-17-18(14,15)16-2/h14-15H,3-13H2,1-2H3/q+1. The Labute approximate surface area is 112 Å². The van der Waals surface area contributed by atoms with Crippen LogP contribution in [0.25, 0.3) is 0 Å². The molecule has 2 N–H and O–H groups in total. The Bertz CT molecular complexity index is 176. The van der Waals surface area contributed by atoms with Crippen molar-refractivity contribution in [3.63, 3.8) is 0 Å². The predicted octanol–water partition coefficient (Wildman–Crippen LogP) is 4.23. The molecule has 0 saturated heterocycles. The largest absolute Gasteiger partial charge is 0.569 e. The molecule has 18 heavy (non-hydrogen) atoms. The van der Waals surface area contributed by atoms with Gasteiger partial charge in [-0.2, -0.15) is 18.8 Å². The van der Waals surface area contributed by atoms with Crippen molar-refractivity contribution in [1.82, 2.24) is 0 Å². The van der Waals surface area contributed by atoms with E-state index in [0.717, 1.165) is 12.8 Å². The molecule has 0 rings (SSSR count). The first-order valence-corrected chi connectivity index (χ1v) is 8.70. The zero-order valence-electron chi connectivity index (χ0n) is 11.9. The van der Waals surface area contributed by atoms with Crippen LogP contribution in [0.5, 0.6) is 0 Å². The summed E-state index contributed by atoms with van der Waals surface area (Å²) >= 11 is 0. The summed E-state index contributed by atoms with van der Waals surface area (Å²) in [6, 6.07) is 0. The second-order valence-electron chi connectivity index (χ2n) is 4.69. The lowest BCUT2D eigenvalue weighted by Crippen LogP contribution is -2.00. The molecule has 0 unspecified atom stereocenters. The topological polar surface area (TPSA) is 58.9 Å². The van der Waals surface area contributed by atoms with Crippen LogP contribution < -0.4 is 0 Å². The van der Waals surface area contributed by atoms with Crippen molar-refractivity contribution >= 4 is 8.17 Å². The van der Waals surface area contributed by atoms with Gasteiger partial charge in [-0.15, -0.1) is 0 Å². The molecule has 0 fully saturated rings. The summed E-state index contributed by atoms with van der Waals surface area (Å²) in [6.07, 6.45) is 12.5. The Morgan fingerprint density at radius 2 is 1.22 bits per heavy atom. The van der Waals surface area contributed by atoms with E-state index in [0.29, 0.717) is 6.61 Å². The minimum atomic E-state index is -3.50. The van der Waals surface area contributed by atoms with Gasteiger partial charge in [-0.05, 0) is 6.42 Å². The van der Waals surface area contributed by atoms with E-state index in [1.807, 2.05) is 0 Å². The van der Waals surface area contributed by atoms with E-state index in [9.17, 15) is 0 Å². The third-order valence-electron chi connectivity index (χ3n) is 3.00. The van der Waals surface area contributed by atoms with Crippen LogP contribution >= 0.6 is 8.17 Å². The van der Waals surface area contributed by atoms with E-state index in [2.05, 4.69) is 11.4 Å². The van der Waals surface area contributed by atoms with Crippen LogP contribution in [-0.4, -0.2) is 23.5 Å². The van der Waals surface area contributed by atoms with Crippen LogP contribution in [0, 0.1) is 0 Å². The van der Waals surface area contributed by atoms with Crippen molar-refractivity contribution in [2.45, 2.75) is 71.1 Å². The third kappa shape index (κ3) is 12.7. The van der Waals surface area contributed by atoms with Crippen LogP contribution in [-0.2, 0) is 9.05 Å². The molecule has 5 heteroatoms. The van der Waals surface area contributed by atoms with Crippen LogP contribution in [0.3, 0.4) is 0 Å². The normalized spacial score (nSPS) is 12.0. The van der Waals surface area contributed by atoms with Gasteiger partial charge < -0.3 is 0 Å². The first-order valence-electron chi connectivity index (χ1n) is 7.17. The molecular weight excluding hydrogens is 251 g/mol. The van der Waals surface area contributed by atoms with Crippen molar-refractivity contribution in [3.8, 4) is 0 Å². The zero-order valence-corrected chi connectivity index (χ0v) is 12.8. The number of hydrogen-bond acceptors (Lipinski definition) is 4. The Morgan fingerprint density at radius 3 is 1.67 bits per heavy atom. The van der Waals surface area contributed by atoms with Gasteiger partial charge in [-0.3, -0.25) is 0 Å². The average molecular weight is 281 g/mol. The fourth-order valence-corrected chi connectivity index (χ4v) is 2.30. The molecule has 0 amide bonds. The van der Waals surface area contributed by atoms with Crippen LogP contribution in [0.2, 0.25) is 0 Å². The molecule has 0 aliphatic rings. The van der Waals surface area contributed by atoms with Crippen LogP contribution in [0.1, 0.15) is 71.1 Å². The van der Waals surface area contributed by atoms with Gasteiger partial charge in [0.15, 0.2) is 0 Å². The molecule has 0 bridgehead atoms. The highest BCUT2D eigenvalue weighted by Gasteiger charge is 2.36. The van der Waals surface area contributed by atoms with Gasteiger partial charge >= 0.3 is 8.17 Å². The Balaban J connectivity index is 3.08. The molecule has 4 nitrogen and oxygen atoms in total. The van der Waals surface area contributed by atoms with Gasteiger partial charge in [0.1, 0.15) is 6.61 Å². The lowest BCUT2D eigenvalue weighted by atomic mass is 10.1. The minimum Gasteiger partial charge on any atom is -0.168 e. The second-order valence-corrected chi connectivity index (χ2v) is 6.29. The molecule has 0 spiro atoms. The maximum absolute atomic E-state index is 9.09. The minimum absolute atomic E-state index is 0.366. The second kappa shape index (κ2) is 12.3. The maximum Gasteiger partial charge on any atom is 0.569 e. The Morgan fingerprint density at radius 1 is 0.778 bits per heavy atom. The number of unbranched alkanes of at least 4 members (excludes halogenated alkanes) is 9. The molecule has 0 heterocycles. The lowest BCUT2D eigenvalue weighted by Gasteiger charge is -2.06. The van der Waals surface area contributed by atoms with E-state index in [-0.39, 0.29) is 0 Å². The molecular formula is C13H30O4P+. The summed E-state index contributed by atoms with van der Waals surface area (Å²) in [6.45, 7) is 2.60. The maximum atomic E-state index is 9.09. The van der Waals surface area contributed by atoms with Crippen molar-refractivity contribution in [2.75, 3.05) is 13.7 Å². The van der Waals surface area contributed by atoms with E-state index in [4.69, 9.17) is 14.3 Å². The van der Waals surface area contributed by atoms with E-state index < -0.39 is 8.17 Å². The Kier molecular flexibility index (Phi) is 12.5. The molecule has 0 aliphatic carbocycles. The molecule has 0 saturated carbocycles. The molecule has 0 radical (unpaired) electrons. The molecule has 0 aromatic carbocycles. The average Bonchev–Trinajstić information content (AvgIpc) is 2.36. The van der Waals surface area contributed by atoms with Gasteiger partial charge in [0, 0.05) is 0 Å². The van der Waals surface area contributed by atoms with E-state index in [1.54, 1.807) is 0 Å². The fourth-order valence-electron chi connectivity index (χ4n) is 1.83. The first kappa shape index (κ1) is 18.3. The summed E-state index contributed by atoms with van der Waals surface area (Å²) in [5.41, 5.74) is 0. The molecule has 0 aliphatic heterocycles. The van der Waals surface area contributed by atoms with Crippen molar-refractivity contribution in [2.24, 2.45) is 0 Å². The third-order valence-corrected chi connectivity index (χ3v) is 3.99. The first-order chi connectivity index (χ1) is 8.62. The summed E-state index contributed by atoms with van der Waals surface area (Å²) in [4.78, 5) is 18.2. The smallest absolute Gasteiger partial charge is 0.168 e. The summed E-state index contributed by atoms with van der Waals surface area (Å²) in [5.74, 6) is 0. The highest BCUT2D eigenvalue weighted by Crippen LogP contribution is 2.51. The van der Waals surface area contributed by atoms with Crippen LogP contribution in [0.15, 0.2) is 0 Å². The SMILES string of the molecule is CCCCCCCCCCCCO[P+](O)(O)OC. The predicted molar refractivity (Wildman–Crippen MR) is 76.2 cm³/mol. The number of hydrogen-bond donors (Lipinski definition) is 2. The van der Waals surface area contributed by atoms with Gasteiger partial charge in [-0.1, -0.05) is 64.7 Å². The summed E-state index contributed by atoms with van der Waals surface area (Å²) in [7, 11) is -2.26. The molecule has 110 valence electrons. The van der Waals surface area contributed by atoms with Crippen molar-refractivity contribution in [1.29, 1.82) is 0 Å².